The van der Waals surface area contributed by atoms with Crippen molar-refractivity contribution in [3.8, 4) is 10.6 Å². The van der Waals surface area contributed by atoms with Crippen molar-refractivity contribution in [2.24, 2.45) is 11.8 Å². The summed E-state index contributed by atoms with van der Waals surface area (Å²) in [5.74, 6) is 2.47. The van der Waals surface area contributed by atoms with Crippen molar-refractivity contribution in [1.29, 1.82) is 0 Å². The Morgan fingerprint density at radius 1 is 1.15 bits per heavy atom. The van der Waals surface area contributed by atoms with Crippen molar-refractivity contribution >= 4 is 33.3 Å². The van der Waals surface area contributed by atoms with Crippen LogP contribution in [0.1, 0.15) is 25.5 Å². The Morgan fingerprint density at radius 3 is 2.70 bits per heavy atom. The quantitative estimate of drug-likeness (QED) is 0.625. The number of aromatic nitrogens is 3. The highest BCUT2D eigenvalue weighted by atomic mass is 32.1. The summed E-state index contributed by atoms with van der Waals surface area (Å²) in [6.45, 7) is 4.82. The molecule has 140 valence electrons. The number of thiazole rings is 1. The van der Waals surface area contributed by atoms with Crippen molar-refractivity contribution in [3.05, 3.63) is 30.0 Å². The summed E-state index contributed by atoms with van der Waals surface area (Å²) >= 11 is 1.67. The zero-order valence-corrected chi connectivity index (χ0v) is 16.3. The van der Waals surface area contributed by atoms with Crippen LogP contribution in [-0.4, -0.2) is 38.7 Å². The molecule has 0 amide bonds. The number of para-hydroxylation sites is 1. The van der Waals surface area contributed by atoms with Gasteiger partial charge in [-0.1, -0.05) is 12.1 Å². The number of aryl methyl sites for hydroxylation is 1. The third-order valence-electron chi connectivity index (χ3n) is 5.65. The van der Waals surface area contributed by atoms with Crippen LogP contribution >= 0.6 is 11.3 Å². The minimum Gasteiger partial charge on any atom is -0.393 e. The predicted octanol–water partition coefficient (Wildman–Crippen LogP) is 3.67. The minimum atomic E-state index is -0.186. The number of aliphatic hydroxyl groups excluding tert-OH is 1. The topological polar surface area (TPSA) is 83.0 Å². The summed E-state index contributed by atoms with van der Waals surface area (Å²) in [5, 5.41) is 18.0. The van der Waals surface area contributed by atoms with E-state index in [-0.39, 0.29) is 12.1 Å². The van der Waals surface area contributed by atoms with Gasteiger partial charge in [0.15, 0.2) is 0 Å². The average Bonchev–Trinajstić information content (AvgIpc) is 3.24. The minimum absolute atomic E-state index is 0.186. The van der Waals surface area contributed by atoms with Gasteiger partial charge in [0.05, 0.1) is 27.6 Å². The van der Waals surface area contributed by atoms with Crippen LogP contribution < -0.4 is 10.6 Å². The zero-order valence-electron chi connectivity index (χ0n) is 15.4. The van der Waals surface area contributed by atoms with Gasteiger partial charge < -0.3 is 15.7 Å². The average molecular weight is 382 g/mol. The Morgan fingerprint density at radius 2 is 2.00 bits per heavy atom. The van der Waals surface area contributed by atoms with Crippen LogP contribution in [0, 0.1) is 18.8 Å². The standard InChI is InChI=1S/C20H23N5OS/c1-3-21-20-22-10(2)17(19-24-13-6-4-5-7-16(13)27-19)18(25-20)23-14-9-15(26)12-8-11(12)14/h4-7,11-12,14-15,26H,3,8-9H2,1-2H3,(H2,21,22,23,25)/t11-,12+,14-,15-/m0/s1. The molecule has 0 radical (unpaired) electrons. The molecule has 2 aliphatic rings. The Hall–Kier alpha value is -2.25. The molecule has 2 saturated carbocycles. The fourth-order valence-electron chi connectivity index (χ4n) is 4.24. The maximum absolute atomic E-state index is 10.2. The lowest BCUT2D eigenvalue weighted by Crippen LogP contribution is -2.23. The molecule has 5 rings (SSSR count). The van der Waals surface area contributed by atoms with Crippen molar-refractivity contribution in [1.82, 2.24) is 15.0 Å². The lowest BCUT2D eigenvalue weighted by molar-refractivity contribution is 0.158. The van der Waals surface area contributed by atoms with E-state index in [1.54, 1.807) is 11.3 Å². The lowest BCUT2D eigenvalue weighted by Gasteiger charge is -2.19. The molecule has 0 bridgehead atoms. The second-order valence-electron chi connectivity index (χ2n) is 7.49. The number of anilines is 2. The van der Waals surface area contributed by atoms with Crippen molar-refractivity contribution in [3.63, 3.8) is 0 Å². The number of rotatable bonds is 5. The van der Waals surface area contributed by atoms with Crippen LogP contribution in [0.5, 0.6) is 0 Å². The van der Waals surface area contributed by atoms with Gasteiger partial charge in [-0.3, -0.25) is 0 Å². The number of nitrogens with one attached hydrogen (secondary N) is 2. The zero-order chi connectivity index (χ0) is 18.5. The number of fused-ring (bicyclic) bond motifs is 2. The molecule has 0 saturated heterocycles. The molecule has 2 heterocycles. The maximum atomic E-state index is 10.2. The second kappa shape index (κ2) is 6.42. The van der Waals surface area contributed by atoms with Gasteiger partial charge in [-0.2, -0.15) is 4.98 Å². The van der Waals surface area contributed by atoms with E-state index in [0.717, 1.165) is 51.7 Å². The SMILES string of the molecule is CCNc1nc(C)c(-c2nc3ccccc3s2)c(N[C@H]2C[C@H](O)[C@@H]3C[C@@H]32)n1. The molecule has 2 aromatic heterocycles. The fraction of sp³-hybridized carbons (Fsp3) is 0.450. The lowest BCUT2D eigenvalue weighted by atomic mass is 10.1. The molecule has 0 unspecified atom stereocenters. The van der Waals surface area contributed by atoms with E-state index in [1.165, 1.54) is 0 Å². The first-order chi connectivity index (χ1) is 13.1. The molecule has 27 heavy (non-hydrogen) atoms. The van der Waals surface area contributed by atoms with Gasteiger partial charge in [0.2, 0.25) is 5.95 Å². The van der Waals surface area contributed by atoms with Crippen LogP contribution in [0.15, 0.2) is 24.3 Å². The molecule has 7 heteroatoms. The number of aliphatic hydroxyl groups is 1. The summed E-state index contributed by atoms with van der Waals surface area (Å²) < 4.78 is 1.16. The van der Waals surface area contributed by atoms with Gasteiger partial charge in [-0.15, -0.1) is 11.3 Å². The van der Waals surface area contributed by atoms with E-state index in [0.29, 0.717) is 17.8 Å². The number of hydrogen-bond acceptors (Lipinski definition) is 7. The van der Waals surface area contributed by atoms with Crippen molar-refractivity contribution < 1.29 is 5.11 Å². The number of nitrogens with zero attached hydrogens (tertiary/aromatic N) is 3. The fourth-order valence-corrected chi connectivity index (χ4v) is 5.31. The van der Waals surface area contributed by atoms with Gasteiger partial charge in [-0.05, 0) is 50.7 Å². The smallest absolute Gasteiger partial charge is 0.224 e. The van der Waals surface area contributed by atoms with Gasteiger partial charge in [0.1, 0.15) is 10.8 Å². The maximum Gasteiger partial charge on any atom is 0.224 e. The summed E-state index contributed by atoms with van der Waals surface area (Å²) in [5.41, 5.74) is 2.88. The highest BCUT2D eigenvalue weighted by Crippen LogP contribution is 2.53. The van der Waals surface area contributed by atoms with E-state index in [2.05, 4.69) is 21.7 Å². The van der Waals surface area contributed by atoms with Crippen LogP contribution in [0.25, 0.3) is 20.8 Å². The number of hydrogen-bond donors (Lipinski definition) is 3. The van der Waals surface area contributed by atoms with Gasteiger partial charge in [-0.25, -0.2) is 9.97 Å². The molecule has 4 atom stereocenters. The summed E-state index contributed by atoms with van der Waals surface area (Å²) in [4.78, 5) is 14.2. The first kappa shape index (κ1) is 16.9. The van der Waals surface area contributed by atoms with E-state index in [9.17, 15) is 5.11 Å². The van der Waals surface area contributed by atoms with Crippen LogP contribution in [0.4, 0.5) is 11.8 Å². The highest BCUT2D eigenvalue weighted by molar-refractivity contribution is 7.21. The molecular weight excluding hydrogens is 358 g/mol. The summed E-state index contributed by atoms with van der Waals surface area (Å²) in [7, 11) is 0. The Bertz CT molecular complexity index is 970. The number of benzene rings is 1. The van der Waals surface area contributed by atoms with Gasteiger partial charge >= 0.3 is 0 Å². The largest absolute Gasteiger partial charge is 0.393 e. The molecule has 1 aromatic carbocycles. The summed E-state index contributed by atoms with van der Waals surface area (Å²) in [6, 6.07) is 8.44. The van der Waals surface area contributed by atoms with Crippen LogP contribution in [-0.2, 0) is 0 Å². The Labute approximate surface area is 162 Å². The van der Waals surface area contributed by atoms with Crippen molar-refractivity contribution in [2.75, 3.05) is 17.2 Å². The van der Waals surface area contributed by atoms with Crippen LogP contribution in [0.3, 0.4) is 0 Å². The highest BCUT2D eigenvalue weighted by Gasteiger charge is 2.54. The molecule has 6 nitrogen and oxygen atoms in total. The Balaban J connectivity index is 1.58. The van der Waals surface area contributed by atoms with E-state index < -0.39 is 0 Å². The molecule has 2 fully saturated rings. The normalized spacial score (nSPS) is 26.2. The summed E-state index contributed by atoms with van der Waals surface area (Å²) in [6.07, 6.45) is 1.71. The van der Waals surface area contributed by atoms with Gasteiger partial charge in [0.25, 0.3) is 0 Å². The first-order valence-corrected chi connectivity index (χ1v) is 10.4. The van der Waals surface area contributed by atoms with Gasteiger partial charge in [0, 0.05) is 12.6 Å². The van der Waals surface area contributed by atoms with E-state index >= 15 is 0 Å². The molecule has 3 N–H and O–H groups in total. The van der Waals surface area contributed by atoms with Crippen LogP contribution in [0.2, 0.25) is 0 Å². The second-order valence-corrected chi connectivity index (χ2v) is 8.52. The first-order valence-electron chi connectivity index (χ1n) is 9.57. The monoisotopic (exact) mass is 381 g/mol. The van der Waals surface area contributed by atoms with Crippen molar-refractivity contribution in [2.45, 2.75) is 38.8 Å². The van der Waals surface area contributed by atoms with E-state index in [1.807, 2.05) is 32.0 Å². The molecule has 2 aliphatic carbocycles. The molecule has 3 aromatic rings. The van der Waals surface area contributed by atoms with E-state index in [4.69, 9.17) is 9.97 Å². The predicted molar refractivity (Wildman–Crippen MR) is 109 cm³/mol. The third kappa shape index (κ3) is 2.95. The third-order valence-corrected chi connectivity index (χ3v) is 6.71. The molecular formula is C20H23N5OS. The Kier molecular flexibility index (Phi) is 4.02. The molecule has 0 spiro atoms. The molecule has 0 aliphatic heterocycles.